The summed E-state index contributed by atoms with van der Waals surface area (Å²) in [6.45, 7) is 9.18. The molecule has 1 aromatic heterocycles. The van der Waals surface area contributed by atoms with Gasteiger partial charge in [0.25, 0.3) is 5.91 Å². The van der Waals surface area contributed by atoms with Crippen LogP contribution in [0, 0.1) is 5.92 Å². The van der Waals surface area contributed by atoms with Crippen LogP contribution in [0.2, 0.25) is 0 Å². The normalized spacial score (nSPS) is 17.4. The molecule has 2 heterocycles. The fourth-order valence-electron chi connectivity index (χ4n) is 2.17. The van der Waals surface area contributed by atoms with Crippen LogP contribution >= 0.6 is 0 Å². The fraction of sp³-hybridized carbons (Fsp3) is 0.643. The minimum Gasteiger partial charge on any atom is -0.459 e. The maximum absolute atomic E-state index is 12.0. The van der Waals surface area contributed by atoms with Crippen LogP contribution in [0.25, 0.3) is 0 Å². The number of hydrogen-bond acceptors (Lipinski definition) is 3. The van der Waals surface area contributed by atoms with E-state index in [1.54, 1.807) is 18.4 Å². The van der Waals surface area contributed by atoms with Gasteiger partial charge in [0.15, 0.2) is 5.76 Å². The first-order valence-corrected chi connectivity index (χ1v) is 6.72. The lowest BCUT2D eigenvalue weighted by molar-refractivity contribution is 0.0601. The van der Waals surface area contributed by atoms with Crippen molar-refractivity contribution in [1.29, 1.82) is 0 Å². The molecule has 0 unspecified atom stereocenters. The Morgan fingerprint density at radius 3 is 2.61 bits per heavy atom. The monoisotopic (exact) mass is 250 g/mol. The summed E-state index contributed by atoms with van der Waals surface area (Å²) >= 11 is 0. The molecule has 0 radical (unpaired) electrons. The fourth-order valence-corrected chi connectivity index (χ4v) is 2.17. The van der Waals surface area contributed by atoms with Gasteiger partial charge in [-0.2, -0.15) is 0 Å². The second-order valence-corrected chi connectivity index (χ2v) is 5.29. The molecule has 0 saturated carbocycles. The Kier molecular flexibility index (Phi) is 4.42. The van der Waals surface area contributed by atoms with E-state index in [4.69, 9.17) is 4.42 Å². The molecule has 4 heteroatoms. The van der Waals surface area contributed by atoms with Gasteiger partial charge < -0.3 is 9.32 Å². The van der Waals surface area contributed by atoms with Crippen LogP contribution < -0.4 is 0 Å². The number of nitrogens with zero attached hydrogens (tertiary/aromatic N) is 2. The predicted octanol–water partition coefficient (Wildman–Crippen LogP) is 2.08. The molecule has 100 valence electrons. The predicted molar refractivity (Wildman–Crippen MR) is 70.5 cm³/mol. The van der Waals surface area contributed by atoms with E-state index in [0.717, 1.165) is 38.6 Å². The van der Waals surface area contributed by atoms with Crippen molar-refractivity contribution in [2.24, 2.45) is 5.92 Å². The molecule has 2 rings (SSSR count). The van der Waals surface area contributed by atoms with Gasteiger partial charge in [0.2, 0.25) is 0 Å². The molecule has 1 aliphatic heterocycles. The Morgan fingerprint density at radius 2 is 2.06 bits per heavy atom. The van der Waals surface area contributed by atoms with E-state index in [1.807, 2.05) is 4.90 Å². The van der Waals surface area contributed by atoms with Gasteiger partial charge in [-0.25, -0.2) is 0 Å². The number of carbonyl (C=O) groups is 1. The van der Waals surface area contributed by atoms with Crippen LogP contribution in [-0.4, -0.2) is 48.4 Å². The van der Waals surface area contributed by atoms with E-state index in [0.29, 0.717) is 5.76 Å². The van der Waals surface area contributed by atoms with Gasteiger partial charge in [0.1, 0.15) is 0 Å². The molecular weight excluding hydrogens is 228 g/mol. The van der Waals surface area contributed by atoms with Gasteiger partial charge in [-0.15, -0.1) is 0 Å². The third-order valence-electron chi connectivity index (χ3n) is 3.41. The van der Waals surface area contributed by atoms with Crippen LogP contribution in [0.1, 0.15) is 30.8 Å². The first-order valence-electron chi connectivity index (χ1n) is 6.72. The van der Waals surface area contributed by atoms with E-state index in [9.17, 15) is 4.79 Å². The van der Waals surface area contributed by atoms with Gasteiger partial charge >= 0.3 is 0 Å². The smallest absolute Gasteiger partial charge is 0.289 e. The first kappa shape index (κ1) is 13.1. The summed E-state index contributed by atoms with van der Waals surface area (Å²) in [4.78, 5) is 16.4. The molecule has 0 N–H and O–H groups in total. The number of hydrogen-bond donors (Lipinski definition) is 0. The zero-order chi connectivity index (χ0) is 13.0. The van der Waals surface area contributed by atoms with Gasteiger partial charge in [0.05, 0.1) is 6.26 Å². The van der Waals surface area contributed by atoms with Crippen LogP contribution in [0.5, 0.6) is 0 Å². The lowest BCUT2D eigenvalue weighted by Crippen LogP contribution is -2.48. The highest BCUT2D eigenvalue weighted by atomic mass is 16.3. The van der Waals surface area contributed by atoms with E-state index in [-0.39, 0.29) is 5.91 Å². The van der Waals surface area contributed by atoms with Crippen LogP contribution in [-0.2, 0) is 0 Å². The SMILES string of the molecule is CC(C)CCN1CCN(C(=O)c2ccco2)CC1. The number of piperazine rings is 1. The molecule has 0 spiro atoms. The zero-order valence-corrected chi connectivity index (χ0v) is 11.3. The van der Waals surface area contributed by atoms with Gasteiger partial charge in [0, 0.05) is 26.2 Å². The number of carbonyl (C=O) groups excluding carboxylic acids is 1. The summed E-state index contributed by atoms with van der Waals surface area (Å²) < 4.78 is 5.15. The molecule has 1 saturated heterocycles. The number of amides is 1. The second kappa shape index (κ2) is 6.05. The van der Waals surface area contributed by atoms with E-state index >= 15 is 0 Å². The largest absolute Gasteiger partial charge is 0.459 e. The van der Waals surface area contributed by atoms with Crippen molar-refractivity contribution < 1.29 is 9.21 Å². The molecule has 0 bridgehead atoms. The van der Waals surface area contributed by atoms with Crippen LogP contribution in [0.4, 0.5) is 0 Å². The molecule has 0 aliphatic carbocycles. The minimum absolute atomic E-state index is 0.0171. The topological polar surface area (TPSA) is 36.7 Å². The molecule has 0 aromatic carbocycles. The Bertz CT molecular complexity index is 365. The average molecular weight is 250 g/mol. The first-order chi connectivity index (χ1) is 8.66. The number of rotatable bonds is 4. The maximum Gasteiger partial charge on any atom is 0.289 e. The lowest BCUT2D eigenvalue weighted by atomic mass is 10.1. The third kappa shape index (κ3) is 3.35. The van der Waals surface area contributed by atoms with Gasteiger partial charge in [-0.1, -0.05) is 13.8 Å². The highest BCUT2D eigenvalue weighted by Gasteiger charge is 2.23. The molecule has 1 aliphatic rings. The average Bonchev–Trinajstić information content (AvgIpc) is 2.90. The van der Waals surface area contributed by atoms with E-state index in [1.165, 1.54) is 6.42 Å². The highest BCUT2D eigenvalue weighted by Crippen LogP contribution is 2.10. The van der Waals surface area contributed by atoms with Crippen molar-refractivity contribution in [2.75, 3.05) is 32.7 Å². The lowest BCUT2D eigenvalue weighted by Gasteiger charge is -2.34. The Morgan fingerprint density at radius 1 is 1.33 bits per heavy atom. The van der Waals surface area contributed by atoms with Crippen molar-refractivity contribution >= 4 is 5.91 Å². The Balaban J connectivity index is 1.78. The molecule has 18 heavy (non-hydrogen) atoms. The summed E-state index contributed by atoms with van der Waals surface area (Å²) in [7, 11) is 0. The summed E-state index contributed by atoms with van der Waals surface area (Å²) in [6.07, 6.45) is 2.78. The molecule has 1 fully saturated rings. The maximum atomic E-state index is 12.0. The van der Waals surface area contributed by atoms with Crippen molar-refractivity contribution in [2.45, 2.75) is 20.3 Å². The molecule has 1 amide bonds. The quantitative estimate of drug-likeness (QED) is 0.821. The number of furan rings is 1. The second-order valence-electron chi connectivity index (χ2n) is 5.29. The van der Waals surface area contributed by atoms with Crippen LogP contribution in [0.3, 0.4) is 0 Å². The minimum atomic E-state index is 0.0171. The summed E-state index contributed by atoms with van der Waals surface area (Å²) in [5.74, 6) is 1.21. The Hall–Kier alpha value is -1.29. The summed E-state index contributed by atoms with van der Waals surface area (Å²) in [6, 6.07) is 3.49. The van der Waals surface area contributed by atoms with Crippen molar-refractivity contribution in [1.82, 2.24) is 9.80 Å². The summed E-state index contributed by atoms with van der Waals surface area (Å²) in [5.41, 5.74) is 0. The molecule has 4 nitrogen and oxygen atoms in total. The standard InChI is InChI=1S/C14H22N2O2/c1-12(2)5-6-15-7-9-16(10-8-15)14(17)13-4-3-11-18-13/h3-4,11-12H,5-10H2,1-2H3. The highest BCUT2D eigenvalue weighted by molar-refractivity contribution is 5.91. The third-order valence-corrected chi connectivity index (χ3v) is 3.41. The zero-order valence-electron chi connectivity index (χ0n) is 11.3. The molecular formula is C14H22N2O2. The van der Waals surface area contributed by atoms with E-state index < -0.39 is 0 Å². The summed E-state index contributed by atoms with van der Waals surface area (Å²) in [5, 5.41) is 0. The Labute approximate surface area is 109 Å². The van der Waals surface area contributed by atoms with Crippen molar-refractivity contribution in [3.05, 3.63) is 24.2 Å². The van der Waals surface area contributed by atoms with Crippen LogP contribution in [0.15, 0.2) is 22.8 Å². The van der Waals surface area contributed by atoms with Crippen molar-refractivity contribution in [3.63, 3.8) is 0 Å². The molecule has 1 aromatic rings. The van der Waals surface area contributed by atoms with Gasteiger partial charge in [-0.3, -0.25) is 9.69 Å². The van der Waals surface area contributed by atoms with Crippen molar-refractivity contribution in [3.8, 4) is 0 Å². The molecule has 0 atom stereocenters. The van der Waals surface area contributed by atoms with Gasteiger partial charge in [-0.05, 0) is 31.0 Å². The van der Waals surface area contributed by atoms with E-state index in [2.05, 4.69) is 18.7 Å².